The highest BCUT2D eigenvalue weighted by atomic mass is 32.1. The Morgan fingerprint density at radius 2 is 2.00 bits per heavy atom. The van der Waals surface area contributed by atoms with Crippen molar-refractivity contribution in [1.82, 2.24) is 15.6 Å². The van der Waals surface area contributed by atoms with Crippen LogP contribution in [0.5, 0.6) is 5.75 Å². The highest BCUT2D eigenvalue weighted by molar-refractivity contribution is 7.09. The second-order valence-corrected chi connectivity index (χ2v) is 5.99. The molecule has 24 heavy (non-hydrogen) atoms. The SMILES string of the molecule is Cc1csc(CNC(=O)N[C@@H](C)c2ccc(OC(F)(F)F)cc2)n1. The molecule has 0 spiro atoms. The van der Waals surface area contributed by atoms with E-state index in [1.165, 1.54) is 35.6 Å². The van der Waals surface area contributed by atoms with Crippen LogP contribution in [-0.4, -0.2) is 17.4 Å². The number of carbonyl (C=O) groups excluding carboxylic acids is 1. The fourth-order valence-corrected chi connectivity index (χ4v) is 2.64. The van der Waals surface area contributed by atoms with E-state index in [1.54, 1.807) is 6.92 Å². The molecular formula is C15H16F3N3O2S. The fourth-order valence-electron chi connectivity index (χ4n) is 1.93. The van der Waals surface area contributed by atoms with Gasteiger partial charge in [-0.2, -0.15) is 0 Å². The maximum absolute atomic E-state index is 12.1. The van der Waals surface area contributed by atoms with Crippen molar-refractivity contribution in [2.24, 2.45) is 0 Å². The molecular weight excluding hydrogens is 343 g/mol. The van der Waals surface area contributed by atoms with E-state index >= 15 is 0 Å². The Labute approximate surface area is 140 Å². The van der Waals surface area contributed by atoms with Gasteiger partial charge in [0.1, 0.15) is 10.8 Å². The predicted octanol–water partition coefficient (Wildman–Crippen LogP) is 3.91. The van der Waals surface area contributed by atoms with E-state index in [-0.39, 0.29) is 17.8 Å². The number of carbonyl (C=O) groups is 1. The number of amides is 2. The summed E-state index contributed by atoms with van der Waals surface area (Å²) in [5, 5.41) is 8.07. The predicted molar refractivity (Wildman–Crippen MR) is 83.8 cm³/mol. The first-order chi connectivity index (χ1) is 11.2. The number of alkyl halides is 3. The minimum absolute atomic E-state index is 0.304. The molecule has 0 aliphatic heterocycles. The largest absolute Gasteiger partial charge is 0.573 e. The molecule has 0 bridgehead atoms. The number of aromatic nitrogens is 1. The normalized spacial score (nSPS) is 12.5. The Morgan fingerprint density at radius 1 is 1.33 bits per heavy atom. The zero-order chi connectivity index (χ0) is 17.7. The topological polar surface area (TPSA) is 63.2 Å². The Morgan fingerprint density at radius 3 is 2.54 bits per heavy atom. The summed E-state index contributed by atoms with van der Waals surface area (Å²) in [4.78, 5) is 16.1. The van der Waals surface area contributed by atoms with E-state index in [4.69, 9.17) is 0 Å². The highest BCUT2D eigenvalue weighted by Gasteiger charge is 2.31. The molecule has 0 aliphatic rings. The van der Waals surface area contributed by atoms with Crippen molar-refractivity contribution in [1.29, 1.82) is 0 Å². The lowest BCUT2D eigenvalue weighted by molar-refractivity contribution is -0.274. The van der Waals surface area contributed by atoms with Crippen LogP contribution in [0.3, 0.4) is 0 Å². The average Bonchev–Trinajstić information content (AvgIpc) is 2.90. The number of urea groups is 1. The lowest BCUT2D eigenvalue weighted by Gasteiger charge is -2.15. The van der Waals surface area contributed by atoms with Crippen LogP contribution in [0.2, 0.25) is 0 Å². The molecule has 0 radical (unpaired) electrons. The first-order valence-corrected chi connectivity index (χ1v) is 7.92. The van der Waals surface area contributed by atoms with E-state index in [2.05, 4.69) is 20.4 Å². The molecule has 2 N–H and O–H groups in total. The van der Waals surface area contributed by atoms with Gasteiger partial charge in [-0.05, 0) is 31.5 Å². The van der Waals surface area contributed by atoms with Gasteiger partial charge in [-0.1, -0.05) is 12.1 Å². The molecule has 5 nitrogen and oxygen atoms in total. The number of nitrogens with zero attached hydrogens (tertiary/aromatic N) is 1. The maximum Gasteiger partial charge on any atom is 0.573 e. The molecule has 0 fully saturated rings. The molecule has 130 valence electrons. The van der Waals surface area contributed by atoms with Gasteiger partial charge in [0.15, 0.2) is 0 Å². The number of nitrogens with one attached hydrogen (secondary N) is 2. The molecule has 0 saturated heterocycles. The second kappa shape index (κ2) is 7.52. The van der Waals surface area contributed by atoms with Gasteiger partial charge in [0, 0.05) is 11.1 Å². The summed E-state index contributed by atoms with van der Waals surface area (Å²) >= 11 is 1.45. The first-order valence-electron chi connectivity index (χ1n) is 7.04. The molecule has 0 saturated carbocycles. The smallest absolute Gasteiger partial charge is 0.406 e. The molecule has 2 aromatic rings. The first kappa shape index (κ1) is 18.1. The monoisotopic (exact) mass is 359 g/mol. The van der Waals surface area contributed by atoms with Gasteiger partial charge in [-0.25, -0.2) is 9.78 Å². The Hall–Kier alpha value is -2.29. The summed E-state index contributed by atoms with van der Waals surface area (Å²) in [5.74, 6) is -0.304. The number of halogens is 3. The molecule has 1 atom stereocenters. The number of rotatable bonds is 5. The summed E-state index contributed by atoms with van der Waals surface area (Å²) in [6.45, 7) is 3.91. The third-order valence-electron chi connectivity index (χ3n) is 3.03. The van der Waals surface area contributed by atoms with Crippen molar-refractivity contribution in [2.45, 2.75) is 32.8 Å². The van der Waals surface area contributed by atoms with Gasteiger partial charge in [0.05, 0.1) is 12.6 Å². The van der Waals surface area contributed by atoms with Crippen molar-refractivity contribution in [3.63, 3.8) is 0 Å². The standard InChI is InChI=1S/C15H16F3N3O2S/c1-9-8-24-13(20-9)7-19-14(22)21-10(2)11-3-5-12(6-4-11)23-15(16,17)18/h3-6,8,10H,7H2,1-2H3,(H2,19,21,22)/t10-/m0/s1. The number of thiazole rings is 1. The van der Waals surface area contributed by atoms with Crippen LogP contribution in [0, 0.1) is 6.92 Å². The Bertz CT molecular complexity index is 686. The lowest BCUT2D eigenvalue weighted by atomic mass is 10.1. The number of aryl methyl sites for hydroxylation is 1. The quantitative estimate of drug-likeness (QED) is 0.851. The lowest BCUT2D eigenvalue weighted by Crippen LogP contribution is -2.36. The van der Waals surface area contributed by atoms with Gasteiger partial charge in [-0.3, -0.25) is 0 Å². The van der Waals surface area contributed by atoms with Crippen LogP contribution < -0.4 is 15.4 Å². The minimum Gasteiger partial charge on any atom is -0.406 e. The summed E-state index contributed by atoms with van der Waals surface area (Å²) in [7, 11) is 0. The van der Waals surface area contributed by atoms with E-state index < -0.39 is 6.36 Å². The zero-order valence-electron chi connectivity index (χ0n) is 13.0. The molecule has 1 aromatic heterocycles. The van der Waals surface area contributed by atoms with Gasteiger partial charge in [0.2, 0.25) is 0 Å². The summed E-state index contributed by atoms with van der Waals surface area (Å²) in [6.07, 6.45) is -4.72. The van der Waals surface area contributed by atoms with Crippen molar-refractivity contribution in [2.75, 3.05) is 0 Å². The number of benzene rings is 1. The van der Waals surface area contributed by atoms with Crippen molar-refractivity contribution in [3.05, 3.63) is 45.9 Å². The van der Waals surface area contributed by atoms with Crippen molar-refractivity contribution in [3.8, 4) is 5.75 Å². The Balaban J connectivity index is 1.84. The zero-order valence-corrected chi connectivity index (χ0v) is 13.8. The summed E-state index contributed by atoms with van der Waals surface area (Å²) in [5.41, 5.74) is 1.55. The molecule has 1 aromatic carbocycles. The molecule has 0 aliphatic carbocycles. The summed E-state index contributed by atoms with van der Waals surface area (Å²) < 4.78 is 40.1. The van der Waals surface area contributed by atoms with Crippen molar-refractivity contribution >= 4 is 17.4 Å². The molecule has 2 rings (SSSR count). The van der Waals surface area contributed by atoms with Crippen LogP contribution in [0.15, 0.2) is 29.6 Å². The molecule has 1 heterocycles. The third-order valence-corrected chi connectivity index (χ3v) is 3.99. The average molecular weight is 359 g/mol. The number of ether oxygens (including phenoxy) is 1. The van der Waals surface area contributed by atoms with E-state index in [0.29, 0.717) is 12.1 Å². The Kier molecular flexibility index (Phi) is 5.66. The highest BCUT2D eigenvalue weighted by Crippen LogP contribution is 2.24. The van der Waals surface area contributed by atoms with Crippen LogP contribution in [-0.2, 0) is 6.54 Å². The van der Waals surface area contributed by atoms with Crippen molar-refractivity contribution < 1.29 is 22.7 Å². The minimum atomic E-state index is -4.72. The third kappa shape index (κ3) is 5.73. The van der Waals surface area contributed by atoms with Crippen LogP contribution >= 0.6 is 11.3 Å². The maximum atomic E-state index is 12.1. The molecule has 0 unspecified atom stereocenters. The van der Waals surface area contributed by atoms with E-state index in [9.17, 15) is 18.0 Å². The fraction of sp³-hybridized carbons (Fsp3) is 0.333. The van der Waals surface area contributed by atoms with Crippen LogP contribution in [0.1, 0.15) is 29.2 Å². The van der Waals surface area contributed by atoms with Gasteiger partial charge in [0.25, 0.3) is 0 Å². The van der Waals surface area contributed by atoms with Gasteiger partial charge >= 0.3 is 12.4 Å². The number of hydrogen-bond acceptors (Lipinski definition) is 4. The van der Waals surface area contributed by atoms with E-state index in [0.717, 1.165) is 10.7 Å². The van der Waals surface area contributed by atoms with Gasteiger partial charge in [-0.15, -0.1) is 24.5 Å². The molecule has 9 heteroatoms. The molecule has 2 amide bonds. The summed E-state index contributed by atoms with van der Waals surface area (Å²) in [6, 6.07) is 4.59. The van der Waals surface area contributed by atoms with Crippen LogP contribution in [0.4, 0.5) is 18.0 Å². The van der Waals surface area contributed by atoms with Gasteiger partial charge < -0.3 is 15.4 Å². The van der Waals surface area contributed by atoms with E-state index in [1.807, 2.05) is 12.3 Å². The number of hydrogen-bond donors (Lipinski definition) is 2. The second-order valence-electron chi connectivity index (χ2n) is 5.05. The van der Waals surface area contributed by atoms with Crippen LogP contribution in [0.25, 0.3) is 0 Å².